The predicted molar refractivity (Wildman–Crippen MR) is 125 cm³/mol. The van der Waals surface area contributed by atoms with Gasteiger partial charge in [0, 0.05) is 30.3 Å². The highest BCUT2D eigenvalue weighted by Crippen LogP contribution is 2.39. The lowest BCUT2D eigenvalue weighted by atomic mass is 10.1. The van der Waals surface area contributed by atoms with Crippen molar-refractivity contribution in [2.45, 2.75) is 32.1 Å². The molecule has 0 bridgehead atoms. The molecule has 3 N–H and O–H groups in total. The molecule has 0 spiro atoms. The quantitative estimate of drug-likeness (QED) is 0.315. The summed E-state index contributed by atoms with van der Waals surface area (Å²) in [5.41, 5.74) is 1.08. The van der Waals surface area contributed by atoms with E-state index in [1.807, 2.05) is 0 Å². The van der Waals surface area contributed by atoms with E-state index in [0.29, 0.717) is 56.8 Å². The first kappa shape index (κ1) is 23.7. The van der Waals surface area contributed by atoms with Gasteiger partial charge in [-0.25, -0.2) is 0 Å². The summed E-state index contributed by atoms with van der Waals surface area (Å²) < 4.78 is 11.4. The fourth-order valence-corrected chi connectivity index (χ4v) is 3.72. The van der Waals surface area contributed by atoms with Crippen LogP contribution in [0.5, 0.6) is 11.5 Å². The molecule has 2 heterocycles. The van der Waals surface area contributed by atoms with Crippen LogP contribution in [-0.4, -0.2) is 34.8 Å². The first-order chi connectivity index (χ1) is 15.4. The predicted octanol–water partition coefficient (Wildman–Crippen LogP) is 5.40. The zero-order chi connectivity index (χ0) is 23.1. The summed E-state index contributed by atoms with van der Waals surface area (Å²) in [7, 11) is 1.52. The number of carbonyl (C=O) groups is 1. The van der Waals surface area contributed by atoms with Crippen molar-refractivity contribution >= 4 is 51.4 Å². The Morgan fingerprint density at radius 3 is 2.56 bits per heavy atom. The number of hydrogen-bond donors (Lipinski definition) is 3. The van der Waals surface area contributed by atoms with Crippen molar-refractivity contribution in [3.8, 4) is 11.5 Å². The van der Waals surface area contributed by atoms with Gasteiger partial charge in [-0.15, -0.1) is 0 Å². The molecule has 0 unspecified atom stereocenters. The van der Waals surface area contributed by atoms with Crippen molar-refractivity contribution in [2.24, 2.45) is 0 Å². The van der Waals surface area contributed by atoms with Gasteiger partial charge in [-0.05, 0) is 25.0 Å². The average molecular weight is 480 g/mol. The van der Waals surface area contributed by atoms with Crippen LogP contribution in [0.15, 0.2) is 35.4 Å². The van der Waals surface area contributed by atoms with Crippen molar-refractivity contribution in [3.05, 3.63) is 51.0 Å². The number of unbranched alkanes of at least 4 members (excludes halogenated alkanes) is 3. The molecule has 10 heteroatoms. The van der Waals surface area contributed by atoms with Crippen LogP contribution < -0.4 is 20.3 Å². The van der Waals surface area contributed by atoms with Gasteiger partial charge in [0.2, 0.25) is 0 Å². The standard InChI is InChI=1S/C22H23Cl2N3O5/c1-31-17-8-7-13-16(26-21-14(23)11-25-12-15(21)24)10-18(28)27-20(13)22(17)32-9-5-3-2-4-6-19(29)30/h7-8,10-12H,2-6,9H2,1H3,(H,29,30)(H2,25,26,27,28). The highest BCUT2D eigenvalue weighted by atomic mass is 35.5. The summed E-state index contributed by atoms with van der Waals surface area (Å²) in [6.45, 7) is 0.393. The number of benzene rings is 1. The molecule has 1 aromatic carbocycles. The number of nitrogens with one attached hydrogen (secondary N) is 2. The van der Waals surface area contributed by atoms with Crippen LogP contribution in [0.3, 0.4) is 0 Å². The summed E-state index contributed by atoms with van der Waals surface area (Å²) in [5, 5.41) is 13.1. The number of fused-ring (bicyclic) bond motifs is 1. The Balaban J connectivity index is 1.85. The van der Waals surface area contributed by atoms with Gasteiger partial charge in [0.1, 0.15) is 0 Å². The number of aromatic nitrogens is 2. The number of methoxy groups -OCH3 is 1. The monoisotopic (exact) mass is 479 g/mol. The average Bonchev–Trinajstić information content (AvgIpc) is 2.75. The lowest BCUT2D eigenvalue weighted by Crippen LogP contribution is -2.09. The van der Waals surface area contributed by atoms with Crippen molar-refractivity contribution in [1.82, 2.24) is 9.97 Å². The van der Waals surface area contributed by atoms with Crippen molar-refractivity contribution in [3.63, 3.8) is 0 Å². The third kappa shape index (κ3) is 5.83. The van der Waals surface area contributed by atoms with Crippen LogP contribution in [0.1, 0.15) is 32.1 Å². The highest BCUT2D eigenvalue weighted by Gasteiger charge is 2.16. The number of carboxylic acid groups (broad SMARTS) is 1. The molecule has 0 aliphatic rings. The third-order valence-electron chi connectivity index (χ3n) is 4.80. The fraction of sp³-hybridized carbons (Fsp3) is 0.318. The normalized spacial score (nSPS) is 10.8. The zero-order valence-electron chi connectivity index (χ0n) is 17.4. The highest BCUT2D eigenvalue weighted by molar-refractivity contribution is 6.39. The second-order valence-corrected chi connectivity index (χ2v) is 7.89. The molecule has 2 aromatic heterocycles. The molecular formula is C22H23Cl2N3O5. The summed E-state index contributed by atoms with van der Waals surface area (Å²) in [5.74, 6) is 0.115. The lowest BCUT2D eigenvalue weighted by Gasteiger charge is -2.16. The van der Waals surface area contributed by atoms with Crippen LogP contribution >= 0.6 is 23.2 Å². The molecule has 0 aliphatic carbocycles. The van der Waals surface area contributed by atoms with Gasteiger partial charge in [-0.3, -0.25) is 14.6 Å². The molecule has 0 saturated heterocycles. The van der Waals surface area contributed by atoms with E-state index in [1.54, 1.807) is 12.1 Å². The maximum absolute atomic E-state index is 12.4. The second kappa shape index (κ2) is 11.1. The Kier molecular flexibility index (Phi) is 8.19. The van der Waals surface area contributed by atoms with E-state index in [4.69, 9.17) is 37.8 Å². The molecule has 8 nitrogen and oxygen atoms in total. The summed E-state index contributed by atoms with van der Waals surface area (Å²) in [6.07, 6.45) is 6.10. The van der Waals surface area contributed by atoms with Gasteiger partial charge in [0.05, 0.1) is 40.7 Å². The second-order valence-electron chi connectivity index (χ2n) is 7.08. The van der Waals surface area contributed by atoms with E-state index >= 15 is 0 Å². The van der Waals surface area contributed by atoms with Gasteiger partial charge in [0.25, 0.3) is 5.56 Å². The van der Waals surface area contributed by atoms with Crippen LogP contribution in [0, 0.1) is 0 Å². The minimum atomic E-state index is -0.788. The molecular weight excluding hydrogens is 457 g/mol. The molecule has 0 aliphatic heterocycles. The number of ether oxygens (including phenoxy) is 2. The molecule has 0 radical (unpaired) electrons. The summed E-state index contributed by atoms with van der Waals surface area (Å²) in [6, 6.07) is 4.96. The Morgan fingerprint density at radius 1 is 1.16 bits per heavy atom. The SMILES string of the molecule is COc1ccc2c(Nc3c(Cl)cncc3Cl)cc(=O)[nH]c2c1OCCCCCCC(=O)O. The van der Waals surface area contributed by atoms with Crippen molar-refractivity contribution < 1.29 is 19.4 Å². The molecule has 3 rings (SSSR count). The number of pyridine rings is 2. The van der Waals surface area contributed by atoms with E-state index in [9.17, 15) is 9.59 Å². The van der Waals surface area contributed by atoms with Crippen LogP contribution in [0.25, 0.3) is 10.9 Å². The summed E-state index contributed by atoms with van der Waals surface area (Å²) in [4.78, 5) is 29.7. The Morgan fingerprint density at radius 2 is 1.88 bits per heavy atom. The number of aliphatic carboxylic acids is 1. The van der Waals surface area contributed by atoms with Gasteiger partial charge in [0.15, 0.2) is 11.5 Å². The van der Waals surface area contributed by atoms with E-state index in [2.05, 4.69) is 15.3 Å². The maximum Gasteiger partial charge on any atom is 0.303 e. The molecule has 0 atom stereocenters. The van der Waals surface area contributed by atoms with Crippen LogP contribution in [-0.2, 0) is 4.79 Å². The molecule has 3 aromatic rings. The number of anilines is 2. The van der Waals surface area contributed by atoms with Crippen molar-refractivity contribution in [2.75, 3.05) is 19.0 Å². The first-order valence-corrected chi connectivity index (χ1v) is 10.8. The Labute approximate surface area is 194 Å². The fourth-order valence-electron chi connectivity index (χ4n) is 3.26. The van der Waals surface area contributed by atoms with Gasteiger partial charge in [-0.2, -0.15) is 0 Å². The number of hydrogen-bond acceptors (Lipinski definition) is 6. The van der Waals surface area contributed by atoms with E-state index in [-0.39, 0.29) is 12.0 Å². The minimum Gasteiger partial charge on any atom is -0.493 e. The van der Waals surface area contributed by atoms with E-state index in [0.717, 1.165) is 19.3 Å². The lowest BCUT2D eigenvalue weighted by molar-refractivity contribution is -0.137. The number of carboxylic acids is 1. The van der Waals surface area contributed by atoms with Crippen LogP contribution in [0.4, 0.5) is 11.4 Å². The number of aromatic amines is 1. The van der Waals surface area contributed by atoms with E-state index < -0.39 is 5.97 Å². The van der Waals surface area contributed by atoms with E-state index in [1.165, 1.54) is 25.6 Å². The number of rotatable bonds is 11. The first-order valence-electron chi connectivity index (χ1n) is 10.1. The van der Waals surface area contributed by atoms with Gasteiger partial charge in [-0.1, -0.05) is 36.0 Å². The number of H-pyrrole nitrogens is 1. The molecule has 170 valence electrons. The topological polar surface area (TPSA) is 114 Å². The number of nitrogens with zero attached hydrogens (tertiary/aromatic N) is 1. The summed E-state index contributed by atoms with van der Waals surface area (Å²) >= 11 is 12.4. The van der Waals surface area contributed by atoms with Gasteiger partial charge < -0.3 is 24.9 Å². The Bertz CT molecular complexity index is 1150. The zero-order valence-corrected chi connectivity index (χ0v) is 18.9. The van der Waals surface area contributed by atoms with Crippen molar-refractivity contribution in [1.29, 1.82) is 0 Å². The maximum atomic E-state index is 12.4. The third-order valence-corrected chi connectivity index (χ3v) is 5.37. The van der Waals surface area contributed by atoms with Crippen LogP contribution in [0.2, 0.25) is 10.0 Å². The minimum absolute atomic E-state index is 0.167. The molecule has 32 heavy (non-hydrogen) atoms. The van der Waals surface area contributed by atoms with Gasteiger partial charge >= 0.3 is 5.97 Å². The Hall–Kier alpha value is -2.97. The molecule has 0 amide bonds. The largest absolute Gasteiger partial charge is 0.493 e. The smallest absolute Gasteiger partial charge is 0.303 e. The molecule has 0 saturated carbocycles. The number of halogens is 2. The molecule has 0 fully saturated rings.